The molecule has 0 bridgehead atoms. The molecule has 2 N–H and O–H groups in total. The van der Waals surface area contributed by atoms with Gasteiger partial charge in [-0.2, -0.15) is 0 Å². The van der Waals surface area contributed by atoms with Crippen molar-refractivity contribution in [2.24, 2.45) is 0 Å². The number of nitrogens with zero attached hydrogens (tertiary/aromatic N) is 1. The lowest BCUT2D eigenvalue weighted by Gasteiger charge is -2.29. The second-order valence-electron chi connectivity index (χ2n) is 18.1. The maximum Gasteiger partial charge on any atom is 0.268 e. The van der Waals surface area contributed by atoms with Crippen LogP contribution in [-0.2, 0) is 18.4 Å². The number of hydrogen-bond acceptors (Lipinski definition) is 6. The zero-order valence-corrected chi connectivity index (χ0v) is 42.6. The fraction of sp³-hybridized carbons (Fsp3) is 0.691. The first kappa shape index (κ1) is 61.4. The van der Waals surface area contributed by atoms with E-state index in [1.54, 1.807) is 6.08 Å². The highest BCUT2D eigenvalue weighted by Crippen LogP contribution is 2.38. The Morgan fingerprint density at radius 3 is 1.45 bits per heavy atom. The van der Waals surface area contributed by atoms with Gasteiger partial charge in [0.05, 0.1) is 39.9 Å². The summed E-state index contributed by atoms with van der Waals surface area (Å²) < 4.78 is 23.2. The predicted molar refractivity (Wildman–Crippen MR) is 274 cm³/mol. The van der Waals surface area contributed by atoms with Gasteiger partial charge in [0.2, 0.25) is 5.91 Å². The van der Waals surface area contributed by atoms with Crippen LogP contribution in [0.4, 0.5) is 0 Å². The van der Waals surface area contributed by atoms with Gasteiger partial charge in [-0.25, -0.2) is 0 Å². The molecule has 0 aliphatic rings. The van der Waals surface area contributed by atoms with E-state index in [2.05, 4.69) is 104 Å². The first-order valence-corrected chi connectivity index (χ1v) is 27.1. The molecular formula is C55H97N2O6P. The molecule has 3 atom stereocenters. The number of phosphoric ester groups is 1. The first-order chi connectivity index (χ1) is 31.0. The van der Waals surface area contributed by atoms with E-state index >= 15 is 0 Å². The summed E-state index contributed by atoms with van der Waals surface area (Å²) in [5.41, 5.74) is 0. The summed E-state index contributed by atoms with van der Waals surface area (Å²) in [6, 6.07) is -0.914. The van der Waals surface area contributed by atoms with Crippen LogP contribution in [0.2, 0.25) is 0 Å². The monoisotopic (exact) mass is 913 g/mol. The fourth-order valence-electron chi connectivity index (χ4n) is 6.76. The Morgan fingerprint density at radius 2 is 0.969 bits per heavy atom. The third-order valence-corrected chi connectivity index (χ3v) is 11.7. The van der Waals surface area contributed by atoms with Crippen LogP contribution in [0.5, 0.6) is 0 Å². The summed E-state index contributed by atoms with van der Waals surface area (Å²) in [6.07, 6.45) is 64.6. The number of hydrogen-bond donors (Lipinski definition) is 2. The number of likely N-dealkylation sites (N-methyl/N-ethyl adjacent to an activating group) is 1. The van der Waals surface area contributed by atoms with Crippen LogP contribution < -0.4 is 10.2 Å². The van der Waals surface area contributed by atoms with Gasteiger partial charge in [0, 0.05) is 6.42 Å². The number of aliphatic hydroxyl groups is 1. The van der Waals surface area contributed by atoms with Crippen molar-refractivity contribution in [3.63, 3.8) is 0 Å². The lowest BCUT2D eigenvalue weighted by atomic mass is 10.1. The minimum absolute atomic E-state index is 0.0132. The Morgan fingerprint density at radius 1 is 0.562 bits per heavy atom. The number of aliphatic hydroxyl groups excluding tert-OH is 1. The molecule has 0 saturated carbocycles. The molecule has 0 aromatic carbocycles. The van der Waals surface area contributed by atoms with Crippen molar-refractivity contribution in [3.05, 3.63) is 97.2 Å². The quantitative estimate of drug-likeness (QED) is 0.0273. The van der Waals surface area contributed by atoms with E-state index < -0.39 is 26.6 Å². The molecule has 1 amide bonds. The smallest absolute Gasteiger partial charge is 0.268 e. The highest BCUT2D eigenvalue weighted by molar-refractivity contribution is 7.45. The highest BCUT2D eigenvalue weighted by Gasteiger charge is 2.23. The lowest BCUT2D eigenvalue weighted by molar-refractivity contribution is -0.870. The summed E-state index contributed by atoms with van der Waals surface area (Å²) in [7, 11) is 1.22. The van der Waals surface area contributed by atoms with Crippen molar-refractivity contribution in [3.8, 4) is 0 Å². The van der Waals surface area contributed by atoms with Crippen LogP contribution in [0.25, 0.3) is 0 Å². The van der Waals surface area contributed by atoms with Gasteiger partial charge in [0.15, 0.2) is 0 Å². The van der Waals surface area contributed by atoms with Gasteiger partial charge >= 0.3 is 0 Å². The van der Waals surface area contributed by atoms with E-state index in [1.165, 1.54) is 83.5 Å². The predicted octanol–water partition coefficient (Wildman–Crippen LogP) is 14.5. The number of rotatable bonds is 45. The zero-order valence-electron chi connectivity index (χ0n) is 41.7. The summed E-state index contributed by atoms with van der Waals surface area (Å²) in [5, 5.41) is 13.8. The molecule has 368 valence electrons. The summed E-state index contributed by atoms with van der Waals surface area (Å²) >= 11 is 0. The van der Waals surface area contributed by atoms with Crippen LogP contribution in [0, 0.1) is 0 Å². The Hall–Kier alpha value is -2.58. The van der Waals surface area contributed by atoms with Crippen molar-refractivity contribution in [1.82, 2.24) is 5.32 Å². The van der Waals surface area contributed by atoms with Crippen LogP contribution in [0.1, 0.15) is 194 Å². The number of unbranched alkanes of at least 4 members (excludes halogenated alkanes) is 18. The Kier molecular flexibility index (Phi) is 43.7. The maximum atomic E-state index is 12.9. The maximum absolute atomic E-state index is 12.9. The summed E-state index contributed by atoms with van der Waals surface area (Å²) in [5.74, 6) is -0.221. The largest absolute Gasteiger partial charge is 0.756 e. The number of amides is 1. The number of phosphoric acid groups is 1. The van der Waals surface area contributed by atoms with Crippen molar-refractivity contribution < 1.29 is 32.9 Å². The van der Waals surface area contributed by atoms with Crippen LogP contribution in [-0.4, -0.2) is 68.5 Å². The van der Waals surface area contributed by atoms with Crippen molar-refractivity contribution in [2.45, 2.75) is 206 Å². The Labute approximate surface area is 394 Å². The summed E-state index contributed by atoms with van der Waals surface area (Å²) in [6.45, 7) is 4.49. The standard InChI is InChI=1S/C55H97N2O6P/c1-6-8-10-12-14-16-18-20-22-23-24-25-26-27-28-29-30-31-32-33-35-37-39-41-43-45-47-49-55(59)56-53(52-63-64(60,61)62-51-50-57(3,4)5)54(58)48-46-44-42-40-38-36-34-21-19-17-15-13-11-9-7-2/h8,10,14,16,20,22,24-25,27-28,30-31,38,40,46,48,53-54,58H,6-7,9,11-13,15,17-19,21,23,26,29,32-37,39,41-45,47,49-52H2,1-5H3,(H-,56,59,60,61)/b10-8-,16-14-,22-20-,25-24-,28-27-,31-30-,40-38+,48-46+. The second kappa shape index (κ2) is 45.6. The average Bonchev–Trinajstić information content (AvgIpc) is 3.25. The molecule has 0 radical (unpaired) electrons. The number of allylic oxidation sites excluding steroid dienone is 15. The SMILES string of the molecule is CC/C=C\C/C=C\C/C=C\C/C=C\C/C=C\C/C=C\CCCCCCCCCCC(=O)NC(COP(=O)([O-])OCC[N+](C)(C)C)C(O)/C=C/CC/C=C/CCCCCCCCCCC. The van der Waals surface area contributed by atoms with E-state index in [4.69, 9.17) is 9.05 Å². The van der Waals surface area contributed by atoms with Gasteiger partial charge in [-0.05, 0) is 83.5 Å². The van der Waals surface area contributed by atoms with E-state index in [0.29, 0.717) is 17.4 Å². The van der Waals surface area contributed by atoms with Crippen LogP contribution in [0.15, 0.2) is 97.2 Å². The molecule has 0 rings (SSSR count). The molecule has 0 fully saturated rings. The molecule has 0 aromatic heterocycles. The molecule has 0 aliphatic carbocycles. The van der Waals surface area contributed by atoms with E-state index in [1.807, 2.05) is 27.2 Å². The number of quaternary nitrogens is 1. The van der Waals surface area contributed by atoms with Crippen LogP contribution >= 0.6 is 7.82 Å². The van der Waals surface area contributed by atoms with Crippen LogP contribution in [0.3, 0.4) is 0 Å². The van der Waals surface area contributed by atoms with Gasteiger partial charge in [-0.1, -0.05) is 201 Å². The van der Waals surface area contributed by atoms with Gasteiger partial charge < -0.3 is 28.8 Å². The minimum Gasteiger partial charge on any atom is -0.756 e. The molecule has 0 saturated heterocycles. The van der Waals surface area contributed by atoms with Gasteiger partial charge in [-0.3, -0.25) is 9.36 Å². The molecule has 9 heteroatoms. The van der Waals surface area contributed by atoms with Gasteiger partial charge in [-0.15, -0.1) is 0 Å². The van der Waals surface area contributed by atoms with Gasteiger partial charge in [0.25, 0.3) is 7.82 Å². The second-order valence-corrected chi connectivity index (χ2v) is 19.5. The molecule has 8 nitrogen and oxygen atoms in total. The fourth-order valence-corrected chi connectivity index (χ4v) is 7.48. The topological polar surface area (TPSA) is 108 Å². The normalized spacial score (nSPS) is 14.9. The minimum atomic E-state index is -4.61. The highest BCUT2D eigenvalue weighted by atomic mass is 31.2. The summed E-state index contributed by atoms with van der Waals surface area (Å²) in [4.78, 5) is 25.4. The van der Waals surface area contributed by atoms with E-state index in [-0.39, 0.29) is 12.5 Å². The molecule has 64 heavy (non-hydrogen) atoms. The molecule has 0 spiro atoms. The Bertz CT molecular complexity index is 1360. The zero-order chi connectivity index (χ0) is 47.1. The van der Waals surface area contributed by atoms with Crippen molar-refractivity contribution >= 4 is 13.7 Å². The molecule has 3 unspecified atom stereocenters. The van der Waals surface area contributed by atoms with Crippen molar-refractivity contribution in [1.29, 1.82) is 0 Å². The third-order valence-electron chi connectivity index (χ3n) is 10.8. The van der Waals surface area contributed by atoms with Crippen molar-refractivity contribution in [2.75, 3.05) is 40.9 Å². The Balaban J connectivity index is 4.33. The molecule has 0 heterocycles. The van der Waals surface area contributed by atoms with E-state index in [0.717, 1.165) is 89.9 Å². The third kappa shape index (κ3) is 47.4. The van der Waals surface area contributed by atoms with Gasteiger partial charge in [0.1, 0.15) is 13.2 Å². The van der Waals surface area contributed by atoms with E-state index in [9.17, 15) is 19.4 Å². The molecule has 0 aromatic rings. The lowest BCUT2D eigenvalue weighted by Crippen LogP contribution is -2.45. The number of carbonyl (C=O) groups is 1. The first-order valence-electron chi connectivity index (χ1n) is 25.6. The average molecular weight is 913 g/mol. The molecule has 0 aliphatic heterocycles. The molecular weight excluding hydrogens is 816 g/mol. The number of nitrogens with one attached hydrogen (secondary N) is 1. The number of carbonyl (C=O) groups excluding carboxylic acids is 1.